The van der Waals surface area contributed by atoms with Crippen LogP contribution in [0.1, 0.15) is 0 Å². The summed E-state index contributed by atoms with van der Waals surface area (Å²) in [5.74, 6) is 1.46. The van der Waals surface area contributed by atoms with Gasteiger partial charge in [-0.2, -0.15) is 0 Å². The van der Waals surface area contributed by atoms with E-state index in [2.05, 4.69) is 73.4 Å². The molecule has 9 nitrogen and oxygen atoms in total. The molecule has 10 heteroatoms. The van der Waals surface area contributed by atoms with Gasteiger partial charge in [0.05, 0.1) is 27.2 Å². The lowest BCUT2D eigenvalue weighted by Crippen LogP contribution is -2.10. The highest BCUT2D eigenvalue weighted by molar-refractivity contribution is 7.21. The predicted molar refractivity (Wildman–Crippen MR) is 185 cm³/mol. The molecule has 0 aliphatic rings. The van der Waals surface area contributed by atoms with Gasteiger partial charge in [-0.05, 0) is 60.7 Å². The number of hydrogen-bond acceptors (Lipinski definition) is 8. The standard InChI is InChI=1S/C37H24N8OS/c46-33-21-28(15-16-29(33)35-40-30-5-1-2-6-34(30)47-35)45(26-11-7-24(8-12-26)31-22-43-19-3-17-38-36(43)41-31)27-13-9-25(10-14-27)32-23-44-20-4-18-39-37(44)42-32/h1-23,46H. The van der Waals surface area contributed by atoms with Crippen LogP contribution in [0.3, 0.4) is 0 Å². The number of benzene rings is 4. The first-order valence-corrected chi connectivity index (χ1v) is 15.8. The van der Waals surface area contributed by atoms with Crippen molar-refractivity contribution in [2.45, 2.75) is 0 Å². The number of nitrogens with zero attached hydrogens (tertiary/aromatic N) is 8. The molecule has 0 atom stereocenters. The fraction of sp³-hybridized carbons (Fsp3) is 0. The van der Waals surface area contributed by atoms with Crippen molar-refractivity contribution in [2.75, 3.05) is 4.90 Å². The van der Waals surface area contributed by atoms with Gasteiger partial charge in [-0.3, -0.25) is 8.80 Å². The van der Waals surface area contributed by atoms with Crippen LogP contribution in [0.5, 0.6) is 5.75 Å². The molecule has 0 saturated heterocycles. The molecule has 5 heterocycles. The fourth-order valence-electron chi connectivity index (χ4n) is 5.78. The average molecular weight is 629 g/mol. The van der Waals surface area contributed by atoms with E-state index in [-0.39, 0.29) is 5.75 Å². The topological polar surface area (TPSA) is 96.7 Å². The summed E-state index contributed by atoms with van der Waals surface area (Å²) in [7, 11) is 0. The van der Waals surface area contributed by atoms with Crippen molar-refractivity contribution in [1.29, 1.82) is 0 Å². The molecule has 5 aromatic heterocycles. The third-order valence-electron chi connectivity index (χ3n) is 8.08. The monoisotopic (exact) mass is 628 g/mol. The zero-order chi connectivity index (χ0) is 31.3. The number of thiazole rings is 1. The van der Waals surface area contributed by atoms with Crippen molar-refractivity contribution in [3.05, 3.63) is 140 Å². The molecule has 0 bridgehead atoms. The van der Waals surface area contributed by atoms with Gasteiger partial charge in [-0.15, -0.1) is 11.3 Å². The Labute approximate surface area is 272 Å². The van der Waals surface area contributed by atoms with Crippen LogP contribution in [0.25, 0.3) is 54.9 Å². The summed E-state index contributed by atoms with van der Waals surface area (Å²) in [4.78, 5) is 24.9. The minimum absolute atomic E-state index is 0.161. The van der Waals surface area contributed by atoms with E-state index in [0.29, 0.717) is 17.1 Å². The van der Waals surface area contributed by atoms with E-state index >= 15 is 0 Å². The van der Waals surface area contributed by atoms with Crippen LogP contribution >= 0.6 is 11.3 Å². The van der Waals surface area contributed by atoms with Crippen LogP contribution < -0.4 is 4.90 Å². The van der Waals surface area contributed by atoms with Gasteiger partial charge in [0.15, 0.2) is 0 Å². The van der Waals surface area contributed by atoms with Gasteiger partial charge >= 0.3 is 0 Å². The summed E-state index contributed by atoms with van der Waals surface area (Å²) in [5.41, 5.74) is 7.90. The minimum Gasteiger partial charge on any atom is -0.507 e. The number of aromatic nitrogens is 7. The predicted octanol–water partition coefficient (Wildman–Crippen LogP) is 8.56. The van der Waals surface area contributed by atoms with Crippen molar-refractivity contribution in [1.82, 2.24) is 33.7 Å². The van der Waals surface area contributed by atoms with E-state index in [4.69, 9.17) is 4.98 Å². The Hall–Kier alpha value is -6.39. The van der Waals surface area contributed by atoms with E-state index < -0.39 is 0 Å². The van der Waals surface area contributed by atoms with Crippen molar-refractivity contribution in [3.8, 4) is 38.8 Å². The SMILES string of the molecule is Oc1cc(N(c2ccc(-c3cn4cccnc4n3)cc2)c2ccc(-c3cn4cccnc4n3)cc2)ccc1-c1nc2ccccc2s1. The number of phenolic OH excluding ortho intramolecular Hbond substituents is 1. The van der Waals surface area contributed by atoms with Crippen LogP contribution in [0, 0.1) is 0 Å². The number of phenols is 1. The molecule has 4 aromatic carbocycles. The van der Waals surface area contributed by atoms with Gasteiger partial charge < -0.3 is 10.0 Å². The molecule has 0 aliphatic heterocycles. The number of anilines is 3. The first-order chi connectivity index (χ1) is 23.2. The molecule has 0 fully saturated rings. The molecule has 9 rings (SSSR count). The maximum absolute atomic E-state index is 11.3. The lowest BCUT2D eigenvalue weighted by molar-refractivity contribution is 0.477. The first kappa shape index (κ1) is 27.0. The molecule has 0 unspecified atom stereocenters. The summed E-state index contributed by atoms with van der Waals surface area (Å²) >= 11 is 1.56. The second-order valence-electron chi connectivity index (χ2n) is 11.0. The Morgan fingerprint density at radius 3 is 1.72 bits per heavy atom. The van der Waals surface area contributed by atoms with Gasteiger partial charge in [-0.1, -0.05) is 36.4 Å². The van der Waals surface area contributed by atoms with E-state index in [1.165, 1.54) is 0 Å². The zero-order valence-corrected chi connectivity index (χ0v) is 25.5. The lowest BCUT2D eigenvalue weighted by Gasteiger charge is -2.26. The average Bonchev–Trinajstić information content (AvgIpc) is 3.86. The molecule has 0 amide bonds. The van der Waals surface area contributed by atoms with E-state index in [9.17, 15) is 5.11 Å². The van der Waals surface area contributed by atoms with Gasteiger partial charge in [0.2, 0.25) is 11.6 Å². The molecule has 0 spiro atoms. The van der Waals surface area contributed by atoms with Crippen LogP contribution in [-0.4, -0.2) is 38.8 Å². The molecule has 0 saturated carbocycles. The summed E-state index contributed by atoms with van der Waals surface area (Å²) in [5, 5.41) is 12.1. The third-order valence-corrected chi connectivity index (χ3v) is 9.15. The molecule has 0 radical (unpaired) electrons. The number of aromatic hydroxyl groups is 1. The zero-order valence-electron chi connectivity index (χ0n) is 24.7. The Morgan fingerprint density at radius 2 is 1.17 bits per heavy atom. The minimum atomic E-state index is 0.161. The number of imidazole rings is 2. The highest BCUT2D eigenvalue weighted by atomic mass is 32.1. The smallest absolute Gasteiger partial charge is 0.234 e. The fourth-order valence-corrected chi connectivity index (χ4v) is 6.77. The Kier molecular flexibility index (Phi) is 6.25. The first-order valence-electron chi connectivity index (χ1n) is 15.0. The Bertz CT molecular complexity index is 2330. The quantitative estimate of drug-likeness (QED) is 0.197. The maximum atomic E-state index is 11.3. The van der Waals surface area contributed by atoms with Crippen LogP contribution in [0.2, 0.25) is 0 Å². The van der Waals surface area contributed by atoms with Crippen molar-refractivity contribution < 1.29 is 5.11 Å². The van der Waals surface area contributed by atoms with E-state index in [1.807, 2.05) is 82.1 Å². The van der Waals surface area contributed by atoms with Gasteiger partial charge in [0, 0.05) is 71.4 Å². The number of para-hydroxylation sites is 1. The van der Waals surface area contributed by atoms with Crippen LogP contribution in [0.15, 0.2) is 140 Å². The largest absolute Gasteiger partial charge is 0.507 e. The molecular formula is C37H24N8OS. The second kappa shape index (κ2) is 10.9. The van der Waals surface area contributed by atoms with Gasteiger partial charge in [-0.25, -0.2) is 24.9 Å². The van der Waals surface area contributed by atoms with Crippen LogP contribution in [0.4, 0.5) is 17.1 Å². The Balaban J connectivity index is 1.11. The highest BCUT2D eigenvalue weighted by Crippen LogP contribution is 2.42. The van der Waals surface area contributed by atoms with Crippen molar-refractivity contribution in [3.63, 3.8) is 0 Å². The molecule has 0 aliphatic carbocycles. The van der Waals surface area contributed by atoms with Crippen LogP contribution in [-0.2, 0) is 0 Å². The van der Waals surface area contributed by atoms with Crippen molar-refractivity contribution >= 4 is 50.2 Å². The Morgan fingerprint density at radius 1 is 0.596 bits per heavy atom. The summed E-state index contributed by atoms with van der Waals surface area (Å²) < 4.78 is 4.90. The molecule has 224 valence electrons. The highest BCUT2D eigenvalue weighted by Gasteiger charge is 2.18. The summed E-state index contributed by atoms with van der Waals surface area (Å²) in [6, 6.07) is 34.0. The van der Waals surface area contributed by atoms with Crippen molar-refractivity contribution in [2.24, 2.45) is 0 Å². The van der Waals surface area contributed by atoms with Gasteiger partial charge in [0.25, 0.3) is 0 Å². The van der Waals surface area contributed by atoms with Gasteiger partial charge in [0.1, 0.15) is 10.8 Å². The van der Waals surface area contributed by atoms with E-state index in [1.54, 1.807) is 29.8 Å². The maximum Gasteiger partial charge on any atom is 0.234 e. The number of rotatable bonds is 6. The summed E-state index contributed by atoms with van der Waals surface area (Å²) in [6.45, 7) is 0. The number of fused-ring (bicyclic) bond motifs is 3. The normalized spacial score (nSPS) is 11.5. The third kappa shape index (κ3) is 4.84. The van der Waals surface area contributed by atoms with E-state index in [0.717, 1.165) is 54.8 Å². The lowest BCUT2D eigenvalue weighted by atomic mass is 10.1. The number of hydrogen-bond donors (Lipinski definition) is 1. The molecule has 9 aromatic rings. The summed E-state index contributed by atoms with van der Waals surface area (Å²) in [6.07, 6.45) is 11.3. The second-order valence-corrected chi connectivity index (χ2v) is 12.1. The molecule has 1 N–H and O–H groups in total. The molecule has 47 heavy (non-hydrogen) atoms. The molecular weight excluding hydrogens is 605 g/mol.